The minimum atomic E-state index is -4.46. The molecule has 0 spiro atoms. The van der Waals surface area contributed by atoms with Gasteiger partial charge in [0.2, 0.25) is 0 Å². The predicted molar refractivity (Wildman–Crippen MR) is 105 cm³/mol. The minimum absolute atomic E-state index is 0.197. The first-order valence-electron chi connectivity index (χ1n) is 9.11. The molecule has 1 amide bonds. The molecule has 4 nitrogen and oxygen atoms in total. The molecule has 29 heavy (non-hydrogen) atoms. The molecule has 0 aliphatic rings. The molecule has 0 unspecified atom stereocenters. The van der Waals surface area contributed by atoms with Crippen LogP contribution in [0.25, 0.3) is 6.08 Å². The van der Waals surface area contributed by atoms with Gasteiger partial charge in [0.25, 0.3) is 5.91 Å². The smallest absolute Gasteiger partial charge is 0.416 e. The number of hydrogen-bond acceptors (Lipinski definition) is 3. The maximum Gasteiger partial charge on any atom is 0.416 e. The van der Waals surface area contributed by atoms with Gasteiger partial charge in [-0.05, 0) is 53.8 Å². The summed E-state index contributed by atoms with van der Waals surface area (Å²) in [6.45, 7) is 3.70. The van der Waals surface area contributed by atoms with Crippen LogP contribution in [0.15, 0.2) is 54.6 Å². The van der Waals surface area contributed by atoms with E-state index >= 15 is 0 Å². The van der Waals surface area contributed by atoms with Crippen molar-refractivity contribution in [2.24, 2.45) is 0 Å². The third-order valence-electron chi connectivity index (χ3n) is 4.35. The Morgan fingerprint density at radius 3 is 2.45 bits per heavy atom. The molecule has 0 saturated carbocycles. The summed E-state index contributed by atoms with van der Waals surface area (Å²) in [5, 5.41) is 2.61. The fraction of sp³-hybridized carbons (Fsp3) is 0.273. The van der Waals surface area contributed by atoms with Crippen molar-refractivity contribution in [3.8, 4) is 0 Å². The Morgan fingerprint density at radius 1 is 1.14 bits per heavy atom. The van der Waals surface area contributed by atoms with E-state index in [0.717, 1.165) is 30.2 Å². The van der Waals surface area contributed by atoms with Gasteiger partial charge in [0.15, 0.2) is 6.61 Å². The van der Waals surface area contributed by atoms with E-state index in [9.17, 15) is 22.8 Å². The maximum atomic E-state index is 12.7. The monoisotopic (exact) mass is 405 g/mol. The van der Waals surface area contributed by atoms with Crippen molar-refractivity contribution >= 4 is 23.6 Å². The molecule has 154 valence electrons. The average molecular weight is 405 g/mol. The molecule has 1 N–H and O–H groups in total. The fourth-order valence-electron chi connectivity index (χ4n) is 2.50. The first-order chi connectivity index (χ1) is 13.7. The van der Waals surface area contributed by atoms with E-state index in [0.29, 0.717) is 11.6 Å². The van der Waals surface area contributed by atoms with E-state index in [-0.39, 0.29) is 5.56 Å². The average Bonchev–Trinajstić information content (AvgIpc) is 2.70. The lowest BCUT2D eigenvalue weighted by molar-refractivity contribution is -0.142. The highest BCUT2D eigenvalue weighted by Crippen LogP contribution is 2.29. The van der Waals surface area contributed by atoms with E-state index < -0.39 is 30.2 Å². The summed E-state index contributed by atoms with van der Waals surface area (Å²) in [6.07, 6.45) is -1.28. The highest BCUT2D eigenvalue weighted by molar-refractivity contribution is 5.94. The molecule has 0 aliphatic carbocycles. The van der Waals surface area contributed by atoms with E-state index in [4.69, 9.17) is 4.74 Å². The quantitative estimate of drug-likeness (QED) is 0.495. The van der Waals surface area contributed by atoms with Crippen molar-refractivity contribution in [2.45, 2.75) is 32.4 Å². The zero-order valence-corrected chi connectivity index (χ0v) is 16.1. The zero-order valence-electron chi connectivity index (χ0n) is 16.1. The number of hydrogen-bond donors (Lipinski definition) is 1. The normalized spacial score (nSPS) is 12.6. The Labute approximate surface area is 167 Å². The van der Waals surface area contributed by atoms with Crippen molar-refractivity contribution in [2.75, 3.05) is 11.9 Å². The SMILES string of the molecule is CC[C@@H](C)c1ccc(NC(=O)COC(=O)/C=C/c2cccc(C(F)(F)F)c2)cc1. The number of carbonyl (C=O) groups excluding carboxylic acids is 2. The highest BCUT2D eigenvalue weighted by Gasteiger charge is 2.30. The largest absolute Gasteiger partial charge is 0.452 e. The zero-order chi connectivity index (χ0) is 21.4. The number of esters is 1. The Kier molecular flexibility index (Phi) is 7.59. The number of benzene rings is 2. The summed E-state index contributed by atoms with van der Waals surface area (Å²) in [5.41, 5.74) is 1.13. The summed E-state index contributed by atoms with van der Waals surface area (Å²) in [6, 6.07) is 11.9. The van der Waals surface area contributed by atoms with E-state index in [1.54, 1.807) is 12.1 Å². The van der Waals surface area contributed by atoms with Crippen molar-refractivity contribution in [3.63, 3.8) is 0 Å². The van der Waals surface area contributed by atoms with Crippen molar-refractivity contribution in [1.29, 1.82) is 0 Å². The molecule has 0 saturated heterocycles. The van der Waals surface area contributed by atoms with Gasteiger partial charge < -0.3 is 10.1 Å². The minimum Gasteiger partial charge on any atom is -0.452 e. The second-order valence-electron chi connectivity index (χ2n) is 6.54. The first kappa shape index (κ1) is 22.2. The molecule has 7 heteroatoms. The molecule has 2 aromatic rings. The van der Waals surface area contributed by atoms with Crippen molar-refractivity contribution < 1.29 is 27.5 Å². The summed E-state index contributed by atoms with van der Waals surface area (Å²) in [4.78, 5) is 23.6. The van der Waals surface area contributed by atoms with E-state index in [1.165, 1.54) is 18.2 Å². The number of amides is 1. The third-order valence-corrected chi connectivity index (χ3v) is 4.35. The van der Waals surface area contributed by atoms with Gasteiger partial charge in [-0.1, -0.05) is 38.1 Å². The molecule has 0 aliphatic heterocycles. The van der Waals surface area contributed by atoms with Gasteiger partial charge in [-0.25, -0.2) is 4.79 Å². The second-order valence-corrected chi connectivity index (χ2v) is 6.54. The van der Waals surface area contributed by atoms with Gasteiger partial charge >= 0.3 is 12.1 Å². The molecular formula is C22H22F3NO3. The lowest BCUT2D eigenvalue weighted by atomic mass is 9.99. The molecule has 0 heterocycles. The van der Waals surface area contributed by atoms with Crippen molar-refractivity contribution in [1.82, 2.24) is 0 Å². The fourth-order valence-corrected chi connectivity index (χ4v) is 2.50. The maximum absolute atomic E-state index is 12.7. The lowest BCUT2D eigenvalue weighted by Gasteiger charge is -2.10. The third kappa shape index (κ3) is 7.10. The van der Waals surface area contributed by atoms with Crippen LogP contribution >= 0.6 is 0 Å². The van der Waals surface area contributed by atoms with E-state index in [1.807, 2.05) is 12.1 Å². The van der Waals surface area contributed by atoms with Gasteiger partial charge in [0, 0.05) is 11.8 Å². The summed E-state index contributed by atoms with van der Waals surface area (Å²) >= 11 is 0. The van der Waals surface area contributed by atoms with Crippen LogP contribution < -0.4 is 5.32 Å². The summed E-state index contributed by atoms with van der Waals surface area (Å²) in [5.74, 6) is -0.920. The molecular weight excluding hydrogens is 383 g/mol. The number of rotatable bonds is 7. The van der Waals surface area contributed by atoms with E-state index in [2.05, 4.69) is 19.2 Å². The Hall–Kier alpha value is -3.09. The number of ether oxygens (including phenoxy) is 1. The van der Waals surface area contributed by atoms with Crippen LogP contribution in [0.1, 0.15) is 42.9 Å². The topological polar surface area (TPSA) is 55.4 Å². The summed E-state index contributed by atoms with van der Waals surface area (Å²) < 4.78 is 42.8. The first-order valence-corrected chi connectivity index (χ1v) is 9.11. The van der Waals surface area contributed by atoms with Crippen molar-refractivity contribution in [3.05, 3.63) is 71.3 Å². The van der Waals surface area contributed by atoms with Gasteiger partial charge in [-0.3, -0.25) is 4.79 Å². The lowest BCUT2D eigenvalue weighted by Crippen LogP contribution is -2.20. The van der Waals surface area contributed by atoms with Crippen LogP contribution in [0.5, 0.6) is 0 Å². The van der Waals surface area contributed by atoms with Crippen LogP contribution in [-0.2, 0) is 20.5 Å². The standard InChI is InChI=1S/C22H22F3NO3/c1-3-15(2)17-8-10-19(11-9-17)26-20(27)14-29-21(28)12-7-16-5-4-6-18(13-16)22(23,24)25/h4-13,15H,3,14H2,1-2H3,(H,26,27)/b12-7+/t15-/m1/s1. The highest BCUT2D eigenvalue weighted by atomic mass is 19.4. The number of alkyl halides is 3. The molecule has 0 fully saturated rings. The summed E-state index contributed by atoms with van der Waals surface area (Å²) in [7, 11) is 0. The van der Waals surface area contributed by atoms with Gasteiger partial charge in [-0.15, -0.1) is 0 Å². The van der Waals surface area contributed by atoms with Crippen LogP contribution in [0.4, 0.5) is 18.9 Å². The Bertz CT molecular complexity index is 874. The number of anilines is 1. The molecule has 0 aromatic heterocycles. The number of nitrogens with one attached hydrogen (secondary N) is 1. The molecule has 0 bridgehead atoms. The predicted octanol–water partition coefficient (Wildman–Crippen LogP) is 5.41. The Morgan fingerprint density at radius 2 is 1.83 bits per heavy atom. The van der Waals surface area contributed by atoms with Gasteiger partial charge in [0.05, 0.1) is 5.56 Å². The molecule has 0 radical (unpaired) electrons. The number of carbonyl (C=O) groups is 2. The molecule has 2 rings (SSSR count). The molecule has 1 atom stereocenters. The van der Waals surface area contributed by atoms with Crippen LogP contribution in [-0.4, -0.2) is 18.5 Å². The van der Waals surface area contributed by atoms with Crippen LogP contribution in [0.3, 0.4) is 0 Å². The van der Waals surface area contributed by atoms with Crippen LogP contribution in [0.2, 0.25) is 0 Å². The number of halogens is 3. The molecule has 2 aromatic carbocycles. The Balaban J connectivity index is 1.84. The van der Waals surface area contributed by atoms with Crippen LogP contribution in [0, 0.1) is 0 Å². The van der Waals surface area contributed by atoms with Gasteiger partial charge in [0.1, 0.15) is 0 Å². The second kappa shape index (κ2) is 9.91. The van der Waals surface area contributed by atoms with Gasteiger partial charge in [-0.2, -0.15) is 13.2 Å².